The zero-order valence-corrected chi connectivity index (χ0v) is 9.13. The molecular formula is C9H8BF7O2. The van der Waals surface area contributed by atoms with Crippen molar-refractivity contribution in [1.29, 1.82) is 0 Å². The van der Waals surface area contributed by atoms with Crippen LogP contribution < -0.4 is 0 Å². The van der Waals surface area contributed by atoms with Crippen LogP contribution >= 0.6 is 0 Å². The highest BCUT2D eigenvalue weighted by atomic mass is 19.4. The molecule has 0 unspecified atom stereocenters. The Labute approximate surface area is 103 Å². The smallest absolute Gasteiger partial charge is 0.430 e. The Kier molecular flexibility index (Phi) is 5.82. The molecule has 108 valence electrons. The molecular weight excluding hydrogens is 284 g/mol. The fourth-order valence-corrected chi connectivity index (χ4v) is 1.16. The van der Waals surface area contributed by atoms with Gasteiger partial charge in [-0.05, 0) is 0 Å². The van der Waals surface area contributed by atoms with Crippen LogP contribution in [0, 0.1) is 0 Å². The Morgan fingerprint density at radius 3 is 1.32 bits per heavy atom. The summed E-state index contributed by atoms with van der Waals surface area (Å²) in [5.74, 6) is 0. The van der Waals surface area contributed by atoms with Gasteiger partial charge in [0.25, 0.3) is 0 Å². The molecule has 0 bridgehead atoms. The lowest BCUT2D eigenvalue weighted by Crippen LogP contribution is -2.50. The van der Waals surface area contributed by atoms with E-state index in [1.807, 2.05) is 0 Å². The van der Waals surface area contributed by atoms with Crippen molar-refractivity contribution in [3.05, 3.63) is 35.9 Å². The predicted octanol–water partition coefficient (Wildman–Crippen LogP) is 2.21. The Hall–Kier alpha value is -1.29. The number of rotatable bonds is 1. The van der Waals surface area contributed by atoms with Crippen LogP contribution in [-0.2, 0) is 5.67 Å². The molecule has 2 nitrogen and oxygen atoms in total. The van der Waals surface area contributed by atoms with Crippen LogP contribution in [0.3, 0.4) is 0 Å². The van der Waals surface area contributed by atoms with E-state index >= 15 is 0 Å². The second-order valence-corrected chi connectivity index (χ2v) is 3.16. The van der Waals surface area contributed by atoms with Crippen molar-refractivity contribution in [2.75, 3.05) is 0 Å². The molecule has 0 aliphatic heterocycles. The summed E-state index contributed by atoms with van der Waals surface area (Å²) in [7, 11) is -0.750. The summed E-state index contributed by atoms with van der Waals surface area (Å²) in [6.07, 6.45) is -12.1. The van der Waals surface area contributed by atoms with E-state index in [0.717, 1.165) is 12.1 Å². The number of halogens is 7. The van der Waals surface area contributed by atoms with E-state index < -0.39 is 31.3 Å². The van der Waals surface area contributed by atoms with Gasteiger partial charge in [-0.2, -0.15) is 26.3 Å². The van der Waals surface area contributed by atoms with Gasteiger partial charge in [0.1, 0.15) is 0 Å². The minimum absolute atomic E-state index is 0.445. The number of alkyl halides is 7. The highest BCUT2D eigenvalue weighted by Crippen LogP contribution is 2.52. The zero-order chi connectivity index (χ0) is 15.3. The molecule has 0 saturated carbocycles. The maximum Gasteiger partial charge on any atom is 0.435 e. The third-order valence-electron chi connectivity index (χ3n) is 1.95. The first-order valence-electron chi connectivity index (χ1n) is 4.62. The fourth-order valence-electron chi connectivity index (χ4n) is 1.16. The topological polar surface area (TPSA) is 40.5 Å². The first-order valence-corrected chi connectivity index (χ1v) is 4.62. The van der Waals surface area contributed by atoms with Gasteiger partial charge in [0.2, 0.25) is 0 Å². The summed E-state index contributed by atoms with van der Waals surface area (Å²) in [4.78, 5) is 0. The van der Waals surface area contributed by atoms with E-state index in [9.17, 15) is 30.7 Å². The Balaban J connectivity index is 0.000000982. The zero-order valence-electron chi connectivity index (χ0n) is 9.13. The van der Waals surface area contributed by atoms with E-state index in [1.165, 1.54) is 6.07 Å². The Morgan fingerprint density at radius 1 is 0.737 bits per heavy atom. The first-order chi connectivity index (χ1) is 8.52. The van der Waals surface area contributed by atoms with E-state index in [2.05, 4.69) is 0 Å². The average Bonchev–Trinajstić information content (AvgIpc) is 2.27. The van der Waals surface area contributed by atoms with Crippen molar-refractivity contribution in [3.8, 4) is 0 Å². The minimum atomic E-state index is -6.05. The maximum atomic E-state index is 13.3. The van der Waals surface area contributed by atoms with Gasteiger partial charge in [0.15, 0.2) is 0 Å². The second-order valence-electron chi connectivity index (χ2n) is 3.16. The molecule has 0 radical (unpaired) electrons. The van der Waals surface area contributed by atoms with Crippen LogP contribution in [-0.4, -0.2) is 30.1 Å². The number of benzene rings is 1. The van der Waals surface area contributed by atoms with E-state index in [0.29, 0.717) is 12.1 Å². The highest BCUT2D eigenvalue weighted by Gasteiger charge is 2.73. The van der Waals surface area contributed by atoms with Crippen LogP contribution in [0.5, 0.6) is 0 Å². The van der Waals surface area contributed by atoms with Crippen LogP contribution in [0.15, 0.2) is 30.3 Å². The van der Waals surface area contributed by atoms with Gasteiger partial charge in [-0.3, -0.25) is 0 Å². The molecule has 0 fully saturated rings. The van der Waals surface area contributed by atoms with Gasteiger partial charge in [0.05, 0.1) is 0 Å². The third-order valence-corrected chi connectivity index (χ3v) is 1.95. The molecule has 0 atom stereocenters. The van der Waals surface area contributed by atoms with E-state index in [4.69, 9.17) is 10.0 Å². The molecule has 0 spiro atoms. The first kappa shape index (κ1) is 17.7. The molecule has 0 heterocycles. The summed E-state index contributed by atoms with van der Waals surface area (Å²) < 4.78 is 86.4. The van der Waals surface area contributed by atoms with Gasteiger partial charge in [-0.25, -0.2) is 4.39 Å². The second kappa shape index (κ2) is 6.24. The molecule has 0 amide bonds. The summed E-state index contributed by atoms with van der Waals surface area (Å²) >= 11 is 0. The third kappa shape index (κ3) is 3.84. The van der Waals surface area contributed by atoms with Crippen LogP contribution in [0.4, 0.5) is 30.7 Å². The molecule has 0 aliphatic carbocycles. The van der Waals surface area contributed by atoms with Crippen molar-refractivity contribution in [1.82, 2.24) is 0 Å². The van der Waals surface area contributed by atoms with E-state index in [1.54, 1.807) is 0 Å². The molecule has 1 aromatic carbocycles. The molecule has 0 aromatic heterocycles. The Bertz CT molecular complexity index is 362. The highest BCUT2D eigenvalue weighted by molar-refractivity contribution is 6.13. The number of hydrogen-bond donors (Lipinski definition) is 2. The minimum Gasteiger partial charge on any atom is -0.430 e. The van der Waals surface area contributed by atoms with Crippen molar-refractivity contribution < 1.29 is 40.8 Å². The van der Waals surface area contributed by atoms with Crippen LogP contribution in [0.25, 0.3) is 0 Å². The molecule has 1 rings (SSSR count). The largest absolute Gasteiger partial charge is 0.435 e. The predicted molar refractivity (Wildman–Crippen MR) is 52.9 cm³/mol. The number of hydrogen-bond acceptors (Lipinski definition) is 2. The van der Waals surface area contributed by atoms with Crippen molar-refractivity contribution in [2.45, 2.75) is 18.0 Å². The standard InChI is InChI=1S/C9H5F7.BH3O2/c10-7(8(11,12)13,9(14,15)16)6-4-2-1-3-5-6;2-1-3/h1-5H;1-3H. The lowest BCUT2D eigenvalue weighted by Gasteiger charge is -2.30. The van der Waals surface area contributed by atoms with E-state index in [-0.39, 0.29) is 0 Å². The summed E-state index contributed by atoms with van der Waals surface area (Å²) in [6, 6.07) is 3.89. The molecule has 10 heteroatoms. The quantitative estimate of drug-likeness (QED) is 0.615. The van der Waals surface area contributed by atoms with Gasteiger partial charge >= 0.3 is 25.7 Å². The van der Waals surface area contributed by atoms with Crippen LogP contribution in [0.2, 0.25) is 0 Å². The normalized spacial score (nSPS) is 12.5. The molecule has 2 N–H and O–H groups in total. The summed E-state index contributed by atoms with van der Waals surface area (Å²) in [6.45, 7) is 0. The molecule has 0 aliphatic rings. The van der Waals surface area contributed by atoms with Crippen LogP contribution in [0.1, 0.15) is 5.56 Å². The lowest BCUT2D eigenvalue weighted by atomic mass is 9.94. The van der Waals surface area contributed by atoms with Gasteiger partial charge < -0.3 is 10.0 Å². The maximum absolute atomic E-state index is 13.3. The molecule has 1 aromatic rings. The van der Waals surface area contributed by atoms with Gasteiger partial charge in [-0.15, -0.1) is 0 Å². The van der Waals surface area contributed by atoms with Gasteiger partial charge in [0, 0.05) is 5.56 Å². The molecule has 0 saturated heterocycles. The monoisotopic (exact) mass is 292 g/mol. The summed E-state index contributed by atoms with van der Waals surface area (Å²) in [5.41, 5.74) is -6.81. The van der Waals surface area contributed by atoms with Crippen molar-refractivity contribution in [3.63, 3.8) is 0 Å². The van der Waals surface area contributed by atoms with Crippen molar-refractivity contribution >= 4 is 7.69 Å². The van der Waals surface area contributed by atoms with Gasteiger partial charge in [-0.1, -0.05) is 30.3 Å². The Morgan fingerprint density at radius 2 is 1.05 bits per heavy atom. The average molecular weight is 292 g/mol. The fraction of sp³-hybridized carbons (Fsp3) is 0.333. The SMILES string of the molecule is FC(F)(F)C(F)(c1ccccc1)C(F)(F)F.OBO. The lowest BCUT2D eigenvalue weighted by molar-refractivity contribution is -0.348. The summed E-state index contributed by atoms with van der Waals surface area (Å²) in [5, 5.41) is 14.2. The van der Waals surface area contributed by atoms with Crippen molar-refractivity contribution in [2.24, 2.45) is 0 Å². The molecule has 19 heavy (non-hydrogen) atoms.